The fourth-order valence-electron chi connectivity index (χ4n) is 2.06. The van der Waals surface area contributed by atoms with Gasteiger partial charge in [0.05, 0.1) is 25.9 Å². The van der Waals surface area contributed by atoms with Crippen molar-refractivity contribution in [3.05, 3.63) is 35.1 Å². The number of nitrogens with two attached hydrogens (primary N) is 1. The summed E-state index contributed by atoms with van der Waals surface area (Å²) < 4.78 is 24.3. The molecule has 94 valence electrons. The Balaban J connectivity index is 2.21. The monoisotopic (exact) mass is 240 g/mol. The van der Waals surface area contributed by atoms with Crippen LogP contribution in [0.2, 0.25) is 0 Å². The second kappa shape index (κ2) is 5.55. The summed E-state index contributed by atoms with van der Waals surface area (Å²) >= 11 is 0. The van der Waals surface area contributed by atoms with Gasteiger partial charge in [0.1, 0.15) is 11.9 Å². The second-order valence-electron chi connectivity index (χ2n) is 4.19. The predicted octanol–water partition coefficient (Wildman–Crippen LogP) is 1.05. The molecule has 2 unspecified atom stereocenters. The van der Waals surface area contributed by atoms with Crippen LogP contribution in [0.5, 0.6) is 0 Å². The molecule has 0 saturated carbocycles. The molecule has 1 saturated heterocycles. The minimum Gasteiger partial charge on any atom is -0.376 e. The summed E-state index contributed by atoms with van der Waals surface area (Å²) in [4.78, 5) is 0. The molecule has 17 heavy (non-hydrogen) atoms. The molecule has 4 nitrogen and oxygen atoms in total. The normalized spacial score (nSPS) is 22.4. The lowest BCUT2D eigenvalue weighted by molar-refractivity contribution is -0.102. The fraction of sp³-hybridized carbons (Fsp3) is 0.500. The average molecular weight is 240 g/mol. The van der Waals surface area contributed by atoms with Gasteiger partial charge in [0, 0.05) is 0 Å². The molecular formula is C12H17FN2O2. The van der Waals surface area contributed by atoms with Gasteiger partial charge >= 0.3 is 0 Å². The third-order valence-corrected chi connectivity index (χ3v) is 2.82. The van der Waals surface area contributed by atoms with Gasteiger partial charge in [-0.05, 0) is 30.2 Å². The van der Waals surface area contributed by atoms with Crippen molar-refractivity contribution in [2.24, 2.45) is 5.84 Å². The molecule has 0 aliphatic carbocycles. The zero-order chi connectivity index (χ0) is 12.3. The van der Waals surface area contributed by atoms with Crippen LogP contribution in [0.1, 0.15) is 17.2 Å². The van der Waals surface area contributed by atoms with Crippen molar-refractivity contribution < 1.29 is 13.9 Å². The molecule has 2 rings (SSSR count). The number of rotatable bonds is 3. The van der Waals surface area contributed by atoms with E-state index in [2.05, 4.69) is 5.43 Å². The van der Waals surface area contributed by atoms with Gasteiger partial charge in [-0.1, -0.05) is 6.07 Å². The van der Waals surface area contributed by atoms with E-state index in [9.17, 15) is 4.39 Å². The van der Waals surface area contributed by atoms with Crippen molar-refractivity contribution in [1.29, 1.82) is 0 Å². The molecule has 3 N–H and O–H groups in total. The number of hydrogen-bond donors (Lipinski definition) is 2. The van der Waals surface area contributed by atoms with Crippen LogP contribution >= 0.6 is 0 Å². The van der Waals surface area contributed by atoms with Crippen LogP contribution in [0, 0.1) is 12.7 Å². The van der Waals surface area contributed by atoms with E-state index in [1.54, 1.807) is 0 Å². The molecule has 5 heteroatoms. The quantitative estimate of drug-likeness (QED) is 0.612. The molecule has 0 radical (unpaired) electrons. The van der Waals surface area contributed by atoms with Crippen LogP contribution in [0.15, 0.2) is 18.2 Å². The van der Waals surface area contributed by atoms with Gasteiger partial charge in [-0.2, -0.15) is 0 Å². The van der Waals surface area contributed by atoms with Crippen molar-refractivity contribution in [1.82, 2.24) is 5.43 Å². The van der Waals surface area contributed by atoms with Gasteiger partial charge in [-0.25, -0.2) is 4.39 Å². The topological polar surface area (TPSA) is 56.5 Å². The Morgan fingerprint density at radius 1 is 1.41 bits per heavy atom. The molecule has 1 aliphatic heterocycles. The Labute approximate surface area is 99.9 Å². The van der Waals surface area contributed by atoms with E-state index in [1.807, 2.05) is 13.0 Å². The minimum atomic E-state index is -0.267. The molecule has 1 aromatic rings. The molecule has 1 fully saturated rings. The third-order valence-electron chi connectivity index (χ3n) is 2.82. The first-order chi connectivity index (χ1) is 8.20. The minimum absolute atomic E-state index is 0.185. The average Bonchev–Trinajstić information content (AvgIpc) is 2.30. The first-order valence-corrected chi connectivity index (χ1v) is 5.63. The predicted molar refractivity (Wildman–Crippen MR) is 61.8 cm³/mol. The van der Waals surface area contributed by atoms with Crippen LogP contribution < -0.4 is 11.3 Å². The SMILES string of the molecule is Cc1cc(F)cc(C(NN)C2COCCO2)c1. The summed E-state index contributed by atoms with van der Waals surface area (Å²) in [6, 6.07) is 4.58. The summed E-state index contributed by atoms with van der Waals surface area (Å²) in [6.45, 7) is 3.44. The molecule has 1 heterocycles. The molecule has 0 amide bonds. The number of aryl methyl sites for hydroxylation is 1. The van der Waals surface area contributed by atoms with Gasteiger partial charge in [-0.3, -0.25) is 11.3 Å². The number of benzene rings is 1. The fourth-order valence-corrected chi connectivity index (χ4v) is 2.06. The maximum Gasteiger partial charge on any atom is 0.123 e. The summed E-state index contributed by atoms with van der Waals surface area (Å²) in [6.07, 6.45) is -0.185. The van der Waals surface area contributed by atoms with E-state index in [0.29, 0.717) is 19.8 Å². The number of hydrogen-bond acceptors (Lipinski definition) is 4. The van der Waals surface area contributed by atoms with E-state index >= 15 is 0 Å². The van der Waals surface area contributed by atoms with Crippen molar-refractivity contribution in [3.63, 3.8) is 0 Å². The Bertz CT molecular complexity index is 361. The molecule has 2 atom stereocenters. The van der Waals surface area contributed by atoms with Crippen molar-refractivity contribution in [2.75, 3.05) is 19.8 Å². The van der Waals surface area contributed by atoms with Crippen LogP contribution in [0.4, 0.5) is 4.39 Å². The van der Waals surface area contributed by atoms with Crippen LogP contribution in [0.3, 0.4) is 0 Å². The number of hydrazine groups is 1. The Hall–Kier alpha value is -1.01. The molecule has 1 aliphatic rings. The zero-order valence-electron chi connectivity index (χ0n) is 9.78. The highest BCUT2D eigenvalue weighted by Gasteiger charge is 2.26. The largest absolute Gasteiger partial charge is 0.376 e. The third kappa shape index (κ3) is 3.01. The van der Waals surface area contributed by atoms with Gasteiger partial charge in [0.15, 0.2) is 0 Å². The number of halogens is 1. The van der Waals surface area contributed by atoms with E-state index in [0.717, 1.165) is 11.1 Å². The highest BCUT2D eigenvalue weighted by Crippen LogP contribution is 2.22. The standard InChI is InChI=1S/C12H17FN2O2/c1-8-4-9(6-10(13)5-8)12(15-14)11-7-16-2-3-17-11/h4-6,11-12,15H,2-3,7,14H2,1H3. The van der Waals surface area contributed by atoms with E-state index in [1.165, 1.54) is 12.1 Å². The van der Waals surface area contributed by atoms with Crippen molar-refractivity contribution >= 4 is 0 Å². The van der Waals surface area contributed by atoms with E-state index < -0.39 is 0 Å². The van der Waals surface area contributed by atoms with Gasteiger partial charge in [0.25, 0.3) is 0 Å². The molecule has 0 spiro atoms. The maximum atomic E-state index is 13.4. The number of nitrogens with one attached hydrogen (secondary N) is 1. The Morgan fingerprint density at radius 3 is 2.82 bits per heavy atom. The molecule has 0 bridgehead atoms. The van der Waals surface area contributed by atoms with Crippen LogP contribution in [-0.4, -0.2) is 25.9 Å². The van der Waals surface area contributed by atoms with E-state index in [4.69, 9.17) is 15.3 Å². The molecular weight excluding hydrogens is 223 g/mol. The Morgan fingerprint density at radius 2 is 2.24 bits per heavy atom. The van der Waals surface area contributed by atoms with Gasteiger partial charge in [-0.15, -0.1) is 0 Å². The maximum absolute atomic E-state index is 13.4. The highest BCUT2D eigenvalue weighted by molar-refractivity contribution is 5.27. The Kier molecular flexibility index (Phi) is 4.06. The number of ether oxygens (including phenoxy) is 2. The van der Waals surface area contributed by atoms with Crippen LogP contribution in [-0.2, 0) is 9.47 Å². The van der Waals surface area contributed by atoms with Gasteiger partial charge in [0.2, 0.25) is 0 Å². The summed E-state index contributed by atoms with van der Waals surface area (Å²) in [5.41, 5.74) is 4.31. The van der Waals surface area contributed by atoms with Crippen molar-refractivity contribution in [3.8, 4) is 0 Å². The summed E-state index contributed by atoms with van der Waals surface area (Å²) in [7, 11) is 0. The summed E-state index contributed by atoms with van der Waals surface area (Å²) in [5.74, 6) is 5.26. The molecule has 0 aromatic heterocycles. The van der Waals surface area contributed by atoms with Gasteiger partial charge < -0.3 is 9.47 Å². The highest BCUT2D eigenvalue weighted by atomic mass is 19.1. The second-order valence-corrected chi connectivity index (χ2v) is 4.19. The first kappa shape index (κ1) is 12.4. The smallest absolute Gasteiger partial charge is 0.123 e. The zero-order valence-corrected chi connectivity index (χ0v) is 9.78. The first-order valence-electron chi connectivity index (χ1n) is 5.63. The van der Waals surface area contributed by atoms with Crippen molar-refractivity contribution in [2.45, 2.75) is 19.1 Å². The lowest BCUT2D eigenvalue weighted by atomic mass is 10.00. The lowest BCUT2D eigenvalue weighted by Crippen LogP contribution is -2.43. The molecule has 1 aromatic carbocycles. The van der Waals surface area contributed by atoms with E-state index in [-0.39, 0.29) is 18.0 Å². The van der Waals surface area contributed by atoms with Crippen LogP contribution in [0.25, 0.3) is 0 Å². The lowest BCUT2D eigenvalue weighted by Gasteiger charge is -2.30. The summed E-state index contributed by atoms with van der Waals surface area (Å²) in [5, 5.41) is 0.